The van der Waals surface area contributed by atoms with Gasteiger partial charge in [0.15, 0.2) is 11.6 Å². The molecule has 0 saturated carbocycles. The van der Waals surface area contributed by atoms with Crippen LogP contribution in [0.2, 0.25) is 0 Å². The number of nitrogens with one attached hydrogen (secondary N) is 1. The number of anilines is 1. The van der Waals surface area contributed by atoms with E-state index in [4.69, 9.17) is 4.42 Å². The zero-order valence-corrected chi connectivity index (χ0v) is 16.6. The maximum atomic E-state index is 12.8. The lowest BCUT2D eigenvalue weighted by Crippen LogP contribution is -2.52. The molecule has 3 atom stereocenters. The Morgan fingerprint density at radius 2 is 2.07 bits per heavy atom. The molecule has 3 aromatic heterocycles. The maximum absolute atomic E-state index is 12.8. The molecular weight excluding hydrogens is 384 g/mol. The van der Waals surface area contributed by atoms with Crippen LogP contribution < -0.4 is 15.8 Å². The second-order valence-electron chi connectivity index (χ2n) is 7.83. The van der Waals surface area contributed by atoms with Crippen molar-refractivity contribution in [2.45, 2.75) is 25.3 Å². The van der Waals surface area contributed by atoms with Gasteiger partial charge in [-0.15, -0.1) is 0 Å². The molecule has 154 valence electrons. The number of nitrogens with zero attached hydrogens (tertiary/aromatic N) is 5. The molecule has 1 amide bonds. The first kappa shape index (κ1) is 18.5. The summed E-state index contributed by atoms with van der Waals surface area (Å²) in [5.41, 5.74) is 1.20. The first-order chi connectivity index (χ1) is 14.6. The smallest absolute Gasteiger partial charge is 0.273 e. The number of fused-ring (bicyclic) bond motifs is 4. The van der Waals surface area contributed by atoms with Gasteiger partial charge in [-0.1, -0.05) is 6.07 Å². The molecule has 5 heterocycles. The van der Waals surface area contributed by atoms with Gasteiger partial charge in [0, 0.05) is 56.6 Å². The summed E-state index contributed by atoms with van der Waals surface area (Å²) in [7, 11) is 0. The number of aryl methyl sites for hydroxylation is 1. The second-order valence-corrected chi connectivity index (χ2v) is 7.83. The van der Waals surface area contributed by atoms with Crippen LogP contribution in [-0.4, -0.2) is 45.1 Å². The first-order valence-electron chi connectivity index (χ1n) is 10.0. The van der Waals surface area contributed by atoms with E-state index in [0.29, 0.717) is 18.4 Å². The third-order valence-corrected chi connectivity index (χ3v) is 5.96. The van der Waals surface area contributed by atoms with E-state index in [1.54, 1.807) is 37.5 Å². The second kappa shape index (κ2) is 7.40. The van der Waals surface area contributed by atoms with Crippen molar-refractivity contribution in [2.24, 2.45) is 5.92 Å². The topological polar surface area (TPSA) is 106 Å². The molecular formula is C21H22N6O3. The monoisotopic (exact) mass is 406 g/mol. The number of hydrogen-bond donors (Lipinski definition) is 1. The Morgan fingerprint density at radius 3 is 2.83 bits per heavy atom. The summed E-state index contributed by atoms with van der Waals surface area (Å²) in [6.07, 6.45) is 5.78. The van der Waals surface area contributed by atoms with Crippen LogP contribution >= 0.6 is 0 Å². The Balaban J connectivity index is 1.44. The highest BCUT2D eigenvalue weighted by molar-refractivity contribution is 5.91. The molecule has 1 fully saturated rings. The molecule has 3 aromatic rings. The Hall–Kier alpha value is -3.49. The summed E-state index contributed by atoms with van der Waals surface area (Å²) in [5, 5.41) is 2.94. The highest BCUT2D eigenvalue weighted by Gasteiger charge is 2.41. The Kier molecular flexibility index (Phi) is 4.57. The van der Waals surface area contributed by atoms with Crippen molar-refractivity contribution >= 4 is 11.9 Å². The van der Waals surface area contributed by atoms with Crippen LogP contribution in [0.4, 0.5) is 5.95 Å². The number of carbonyl (C=O) groups is 1. The van der Waals surface area contributed by atoms with Gasteiger partial charge >= 0.3 is 0 Å². The number of piperidine rings is 1. The zero-order chi connectivity index (χ0) is 20.7. The van der Waals surface area contributed by atoms with Crippen LogP contribution in [-0.2, 0) is 0 Å². The lowest BCUT2D eigenvalue weighted by molar-refractivity contribution is 0.0929. The molecule has 0 unspecified atom stereocenters. The van der Waals surface area contributed by atoms with Gasteiger partial charge in [0.25, 0.3) is 11.5 Å². The number of hydrogen-bond acceptors (Lipinski definition) is 7. The quantitative estimate of drug-likeness (QED) is 0.700. The van der Waals surface area contributed by atoms with Gasteiger partial charge in [-0.2, -0.15) is 0 Å². The number of carbonyl (C=O) groups excluding carboxylic acids is 1. The summed E-state index contributed by atoms with van der Waals surface area (Å²) in [6.45, 7) is 3.52. The van der Waals surface area contributed by atoms with E-state index in [1.807, 2.05) is 10.6 Å². The van der Waals surface area contributed by atoms with Crippen LogP contribution in [0, 0.1) is 12.8 Å². The van der Waals surface area contributed by atoms with Gasteiger partial charge in [-0.25, -0.2) is 15.0 Å². The summed E-state index contributed by atoms with van der Waals surface area (Å²) < 4.78 is 6.99. The molecule has 9 heteroatoms. The predicted octanol–water partition coefficient (Wildman–Crippen LogP) is 1.53. The number of pyridine rings is 1. The number of rotatable bonds is 4. The molecule has 30 heavy (non-hydrogen) atoms. The Labute approximate surface area is 172 Å². The molecule has 2 bridgehead atoms. The van der Waals surface area contributed by atoms with E-state index < -0.39 is 0 Å². The summed E-state index contributed by atoms with van der Waals surface area (Å²) >= 11 is 0. The number of amides is 1. The van der Waals surface area contributed by atoms with E-state index in [1.165, 1.54) is 6.26 Å². The van der Waals surface area contributed by atoms with Crippen LogP contribution in [0.3, 0.4) is 0 Å². The predicted molar refractivity (Wildman–Crippen MR) is 108 cm³/mol. The van der Waals surface area contributed by atoms with Crippen molar-refractivity contribution in [3.05, 3.63) is 70.6 Å². The van der Waals surface area contributed by atoms with Crippen molar-refractivity contribution in [2.75, 3.05) is 24.5 Å². The van der Waals surface area contributed by atoms with E-state index in [9.17, 15) is 9.59 Å². The van der Waals surface area contributed by atoms with Crippen molar-refractivity contribution in [1.82, 2.24) is 24.8 Å². The minimum atomic E-state index is -0.307. The average Bonchev–Trinajstić information content (AvgIpc) is 3.21. The van der Waals surface area contributed by atoms with Crippen LogP contribution in [0.15, 0.2) is 52.1 Å². The average molecular weight is 406 g/mol. The van der Waals surface area contributed by atoms with Crippen LogP contribution in [0.1, 0.15) is 40.5 Å². The van der Waals surface area contributed by atoms with Gasteiger partial charge in [-0.05, 0) is 24.5 Å². The SMILES string of the molecule is Cc1nc(C(=O)NC[C@H]2[C@H]3C[C@H](CN(c4ncccn4)C3)c3cccc(=O)n32)co1. The molecule has 1 N–H and O–H groups in total. The standard InChI is InChI=1S/C21H22N6O3/c1-13-25-16(12-30-13)20(29)24-9-18-15-8-14(17-4-2-5-19(28)27(17)18)10-26(11-15)21-22-6-3-7-23-21/h2-7,12,14-15,18H,8-11H2,1H3,(H,24,29)/t14-,15+,18+/m1/s1. The third-order valence-electron chi connectivity index (χ3n) is 5.96. The van der Waals surface area contributed by atoms with E-state index in [0.717, 1.165) is 25.2 Å². The molecule has 0 aliphatic carbocycles. The zero-order valence-electron chi connectivity index (χ0n) is 16.6. The van der Waals surface area contributed by atoms with E-state index in [2.05, 4.69) is 25.2 Å². The van der Waals surface area contributed by atoms with E-state index in [-0.39, 0.29) is 35.0 Å². The number of oxazole rings is 1. The highest BCUT2D eigenvalue weighted by Crippen LogP contribution is 2.41. The minimum Gasteiger partial charge on any atom is -0.448 e. The van der Waals surface area contributed by atoms with Gasteiger partial charge in [0.05, 0.1) is 6.04 Å². The molecule has 0 spiro atoms. The fraction of sp³-hybridized carbons (Fsp3) is 0.381. The summed E-state index contributed by atoms with van der Waals surface area (Å²) in [4.78, 5) is 40.3. The van der Waals surface area contributed by atoms with Gasteiger partial charge in [0.2, 0.25) is 5.95 Å². The normalized spacial score (nSPS) is 22.4. The molecule has 0 aromatic carbocycles. The third kappa shape index (κ3) is 3.26. The molecule has 0 radical (unpaired) electrons. The summed E-state index contributed by atoms with van der Waals surface area (Å²) in [5.74, 6) is 1.22. The Bertz CT molecular complexity index is 1130. The van der Waals surface area contributed by atoms with Crippen molar-refractivity contribution in [3.8, 4) is 0 Å². The highest BCUT2D eigenvalue weighted by atomic mass is 16.3. The molecule has 5 rings (SSSR count). The minimum absolute atomic E-state index is 0.0388. The molecule has 9 nitrogen and oxygen atoms in total. The lowest BCUT2D eigenvalue weighted by Gasteiger charge is -2.47. The van der Waals surface area contributed by atoms with Crippen LogP contribution in [0.5, 0.6) is 0 Å². The largest absolute Gasteiger partial charge is 0.448 e. The summed E-state index contributed by atoms with van der Waals surface area (Å²) in [6, 6.07) is 7.03. The van der Waals surface area contributed by atoms with Crippen molar-refractivity contribution in [1.29, 1.82) is 0 Å². The fourth-order valence-electron chi connectivity index (χ4n) is 4.68. The van der Waals surface area contributed by atoms with Gasteiger partial charge < -0.3 is 19.2 Å². The molecule has 2 aliphatic rings. The number of aromatic nitrogens is 4. The fourth-order valence-corrected chi connectivity index (χ4v) is 4.68. The van der Waals surface area contributed by atoms with Crippen LogP contribution in [0.25, 0.3) is 0 Å². The van der Waals surface area contributed by atoms with E-state index >= 15 is 0 Å². The first-order valence-corrected chi connectivity index (χ1v) is 10.0. The van der Waals surface area contributed by atoms with Crippen molar-refractivity contribution < 1.29 is 9.21 Å². The van der Waals surface area contributed by atoms with Crippen molar-refractivity contribution in [3.63, 3.8) is 0 Å². The van der Waals surface area contributed by atoms with Gasteiger partial charge in [-0.3, -0.25) is 9.59 Å². The molecule has 1 saturated heterocycles. The lowest BCUT2D eigenvalue weighted by atomic mass is 9.78. The Morgan fingerprint density at radius 1 is 1.23 bits per heavy atom. The maximum Gasteiger partial charge on any atom is 0.273 e. The molecule has 2 aliphatic heterocycles. The van der Waals surface area contributed by atoms with Gasteiger partial charge in [0.1, 0.15) is 6.26 Å².